The van der Waals surface area contributed by atoms with Gasteiger partial charge in [-0.15, -0.1) is 0 Å². The highest BCUT2D eigenvalue weighted by atomic mass is 32.1. The number of para-hydroxylation sites is 1. The van der Waals surface area contributed by atoms with Gasteiger partial charge in [0, 0.05) is 16.9 Å². The van der Waals surface area contributed by atoms with E-state index < -0.39 is 0 Å². The van der Waals surface area contributed by atoms with Crippen LogP contribution >= 0.6 is 11.3 Å². The van der Waals surface area contributed by atoms with Gasteiger partial charge in [0.2, 0.25) is 0 Å². The monoisotopic (exact) mass is 434 g/mol. The Hall–Kier alpha value is -3.72. The first-order chi connectivity index (χ1) is 15.1. The number of fused-ring (bicyclic) bond motifs is 2. The molecule has 1 amide bonds. The van der Waals surface area contributed by atoms with Gasteiger partial charge in [-0.2, -0.15) is 0 Å². The van der Waals surface area contributed by atoms with Crippen LogP contribution in [0.5, 0.6) is 0 Å². The van der Waals surface area contributed by atoms with Crippen molar-refractivity contribution in [1.29, 1.82) is 0 Å². The van der Waals surface area contributed by atoms with Gasteiger partial charge in [0.15, 0.2) is 4.80 Å². The van der Waals surface area contributed by atoms with E-state index >= 15 is 0 Å². The van der Waals surface area contributed by atoms with Gasteiger partial charge in [-0.3, -0.25) is 14.2 Å². The molecule has 3 heterocycles. The summed E-state index contributed by atoms with van der Waals surface area (Å²) in [6.45, 7) is 2.76. The number of hydrogen-bond acceptors (Lipinski definition) is 7. The molecule has 31 heavy (non-hydrogen) atoms. The van der Waals surface area contributed by atoms with Crippen molar-refractivity contribution >= 4 is 40.2 Å². The van der Waals surface area contributed by atoms with Gasteiger partial charge in [-0.25, -0.2) is 9.79 Å². The number of aromatic nitrogens is 1. The summed E-state index contributed by atoms with van der Waals surface area (Å²) in [5, 5.41) is 2.82. The normalized spacial score (nSPS) is 16.3. The summed E-state index contributed by atoms with van der Waals surface area (Å²) in [4.78, 5) is 44.6. The molecule has 9 heteroatoms. The predicted octanol–water partition coefficient (Wildman–Crippen LogP) is 1.29. The molecule has 0 atom stereocenters. The van der Waals surface area contributed by atoms with Crippen molar-refractivity contribution in [1.82, 2.24) is 4.57 Å². The van der Waals surface area contributed by atoms with E-state index in [0.717, 1.165) is 11.3 Å². The van der Waals surface area contributed by atoms with Gasteiger partial charge in [-0.05, 0) is 37.3 Å². The van der Waals surface area contributed by atoms with E-state index in [1.165, 1.54) is 11.3 Å². The predicted molar refractivity (Wildman–Crippen MR) is 117 cm³/mol. The summed E-state index contributed by atoms with van der Waals surface area (Å²) < 4.78 is 6.97. The van der Waals surface area contributed by atoms with E-state index in [-0.39, 0.29) is 17.4 Å². The first kappa shape index (κ1) is 19.3. The number of carbonyl (C=O) groups excluding carboxylic acids is 2. The smallest absolute Gasteiger partial charge is 0.338 e. The highest BCUT2D eigenvalue weighted by Gasteiger charge is 2.27. The maximum Gasteiger partial charge on any atom is 0.338 e. The number of ether oxygens (including phenoxy) is 1. The van der Waals surface area contributed by atoms with Gasteiger partial charge >= 0.3 is 5.97 Å². The minimum Gasteiger partial charge on any atom is -0.462 e. The lowest BCUT2D eigenvalue weighted by Gasteiger charge is -2.25. The minimum atomic E-state index is -0.370. The second-order valence-corrected chi connectivity index (χ2v) is 8.05. The van der Waals surface area contributed by atoms with Crippen LogP contribution in [0.3, 0.4) is 0 Å². The Morgan fingerprint density at radius 2 is 1.94 bits per heavy atom. The summed E-state index contributed by atoms with van der Waals surface area (Å²) >= 11 is 1.23. The van der Waals surface area contributed by atoms with Crippen LogP contribution in [0.25, 0.3) is 5.57 Å². The zero-order valence-corrected chi connectivity index (χ0v) is 17.4. The van der Waals surface area contributed by atoms with Gasteiger partial charge in [0.05, 0.1) is 17.7 Å². The van der Waals surface area contributed by atoms with Crippen molar-refractivity contribution in [3.63, 3.8) is 0 Å². The Bertz CT molecular complexity index is 1390. The number of amides is 1. The van der Waals surface area contributed by atoms with Crippen LogP contribution < -0.4 is 25.1 Å². The molecule has 0 bridgehead atoms. The molecule has 5 rings (SSSR count). The van der Waals surface area contributed by atoms with E-state index in [2.05, 4.69) is 10.3 Å². The van der Waals surface area contributed by atoms with Crippen LogP contribution in [0.1, 0.15) is 22.8 Å². The fraction of sp³-hybridized carbons (Fsp3) is 0.182. The van der Waals surface area contributed by atoms with Crippen molar-refractivity contribution in [2.24, 2.45) is 4.99 Å². The number of esters is 1. The van der Waals surface area contributed by atoms with Gasteiger partial charge < -0.3 is 15.0 Å². The van der Waals surface area contributed by atoms with Crippen LogP contribution in [0.15, 0.2) is 58.3 Å². The van der Waals surface area contributed by atoms with Crippen LogP contribution in [-0.2, 0) is 16.2 Å². The maximum atomic E-state index is 13.2. The number of carbonyl (C=O) groups is 2. The van der Waals surface area contributed by atoms with E-state index in [1.54, 1.807) is 35.8 Å². The lowest BCUT2D eigenvalue weighted by molar-refractivity contribution is -0.110. The fourth-order valence-electron chi connectivity index (χ4n) is 3.69. The van der Waals surface area contributed by atoms with E-state index in [1.807, 2.05) is 29.2 Å². The summed E-state index contributed by atoms with van der Waals surface area (Å²) in [6.07, 6.45) is 0. The lowest BCUT2D eigenvalue weighted by Crippen LogP contribution is -2.43. The molecule has 0 spiro atoms. The van der Waals surface area contributed by atoms with Gasteiger partial charge in [0.1, 0.15) is 17.9 Å². The summed E-state index contributed by atoms with van der Waals surface area (Å²) in [5.41, 5.74) is 2.90. The first-order valence-corrected chi connectivity index (χ1v) is 10.6. The van der Waals surface area contributed by atoms with Crippen LogP contribution in [0, 0.1) is 0 Å². The zero-order chi connectivity index (χ0) is 21.5. The molecular formula is C22H18N4O4S. The number of anilines is 2. The summed E-state index contributed by atoms with van der Waals surface area (Å²) in [6, 6.07) is 14.3. The molecule has 0 saturated heterocycles. The Labute approximate surface area is 180 Å². The van der Waals surface area contributed by atoms with Crippen LogP contribution in [0.4, 0.5) is 11.4 Å². The lowest BCUT2D eigenvalue weighted by atomic mass is 10.1. The molecule has 1 N–H and O–H groups in total. The SMILES string of the molecule is CCOC(=O)c1ccc(N2CN=c3sc(=C4C(=O)Nc5ccccc54)c(=O)n3C2)cc1. The third kappa shape index (κ3) is 3.23. The molecule has 3 aromatic rings. The third-order valence-electron chi connectivity index (χ3n) is 5.19. The molecule has 8 nitrogen and oxygen atoms in total. The van der Waals surface area contributed by atoms with Crippen LogP contribution in [0.2, 0.25) is 0 Å². The highest BCUT2D eigenvalue weighted by Crippen LogP contribution is 2.29. The zero-order valence-electron chi connectivity index (χ0n) is 16.6. The molecule has 0 fully saturated rings. The molecule has 2 aliphatic rings. The number of rotatable bonds is 3. The minimum absolute atomic E-state index is 0.238. The molecule has 2 aromatic carbocycles. The summed E-state index contributed by atoms with van der Waals surface area (Å²) in [5.74, 6) is -0.644. The number of nitrogens with one attached hydrogen (secondary N) is 1. The van der Waals surface area contributed by atoms with Crippen molar-refractivity contribution in [2.75, 3.05) is 23.5 Å². The fourth-order valence-corrected chi connectivity index (χ4v) is 4.75. The van der Waals surface area contributed by atoms with Crippen molar-refractivity contribution < 1.29 is 14.3 Å². The Morgan fingerprint density at radius 1 is 1.16 bits per heavy atom. The largest absolute Gasteiger partial charge is 0.462 e. The van der Waals surface area contributed by atoms with E-state index in [4.69, 9.17) is 4.74 Å². The molecule has 0 aliphatic carbocycles. The third-order valence-corrected chi connectivity index (χ3v) is 6.31. The van der Waals surface area contributed by atoms with Crippen molar-refractivity contribution in [2.45, 2.75) is 13.6 Å². The molecule has 0 saturated carbocycles. The summed E-state index contributed by atoms with van der Waals surface area (Å²) in [7, 11) is 0. The average Bonchev–Trinajstić information content (AvgIpc) is 3.29. The highest BCUT2D eigenvalue weighted by molar-refractivity contribution is 7.07. The van der Waals surface area contributed by atoms with Gasteiger partial charge in [0.25, 0.3) is 11.5 Å². The second kappa shape index (κ2) is 7.51. The molecule has 2 aliphatic heterocycles. The van der Waals surface area contributed by atoms with E-state index in [9.17, 15) is 14.4 Å². The van der Waals surface area contributed by atoms with E-state index in [0.29, 0.717) is 46.1 Å². The van der Waals surface area contributed by atoms with Crippen molar-refractivity contribution in [3.05, 3.63) is 79.3 Å². The quantitative estimate of drug-likeness (QED) is 0.627. The second-order valence-electron chi connectivity index (χ2n) is 7.07. The Balaban J connectivity index is 1.50. The Morgan fingerprint density at radius 3 is 2.71 bits per heavy atom. The standard InChI is InChI=1S/C22H18N4O4S/c1-2-30-21(29)13-7-9-14(10-8-13)25-11-23-22-26(12-25)20(28)18(31-22)17-15-5-3-4-6-16(15)24-19(17)27/h3-10H,2,11-12H2,1H3,(H,24,27). The molecule has 0 unspecified atom stereocenters. The number of benzene rings is 2. The molecule has 0 radical (unpaired) electrons. The molecular weight excluding hydrogens is 416 g/mol. The van der Waals surface area contributed by atoms with Crippen molar-refractivity contribution in [3.8, 4) is 0 Å². The first-order valence-electron chi connectivity index (χ1n) is 9.78. The number of thiazole rings is 1. The topological polar surface area (TPSA) is 93.0 Å². The maximum absolute atomic E-state index is 13.2. The van der Waals surface area contributed by atoms with Gasteiger partial charge in [-0.1, -0.05) is 29.5 Å². The number of hydrogen-bond donors (Lipinski definition) is 1. The molecule has 1 aromatic heterocycles. The number of nitrogens with zero attached hydrogens (tertiary/aromatic N) is 3. The Kier molecular flexibility index (Phi) is 4.67. The van der Waals surface area contributed by atoms with Crippen LogP contribution in [-0.4, -0.2) is 29.7 Å². The average molecular weight is 434 g/mol. The molecule has 156 valence electrons.